The van der Waals surface area contributed by atoms with E-state index < -0.39 is 5.82 Å². The van der Waals surface area contributed by atoms with Gasteiger partial charge in [-0.15, -0.1) is 0 Å². The molecule has 0 N–H and O–H groups in total. The maximum atomic E-state index is 13.7. The van der Waals surface area contributed by atoms with Crippen LogP contribution in [0, 0.1) is 12.7 Å². The van der Waals surface area contributed by atoms with Crippen molar-refractivity contribution in [1.82, 2.24) is 19.2 Å². The molecular formula is C32H27Cl2FN4O. The lowest BCUT2D eigenvalue weighted by Gasteiger charge is -2.34. The lowest BCUT2D eigenvalue weighted by molar-refractivity contribution is 0.0626. The number of aromatic nitrogens is 2. The van der Waals surface area contributed by atoms with Gasteiger partial charge in [-0.05, 0) is 78.2 Å². The molecule has 0 radical (unpaired) electrons. The van der Waals surface area contributed by atoms with E-state index in [-0.39, 0.29) is 5.91 Å². The summed E-state index contributed by atoms with van der Waals surface area (Å²) in [6.07, 6.45) is 2.14. The number of carbonyl (C=O) groups is 1. The molecule has 202 valence electrons. The second-order valence-corrected chi connectivity index (χ2v) is 11.0. The molecule has 3 aromatic carbocycles. The van der Waals surface area contributed by atoms with Crippen molar-refractivity contribution in [1.29, 1.82) is 0 Å². The summed E-state index contributed by atoms with van der Waals surface area (Å²) in [7, 11) is 0. The fourth-order valence-corrected chi connectivity index (χ4v) is 5.67. The number of hydrogen-bond donors (Lipinski definition) is 0. The van der Waals surface area contributed by atoms with E-state index in [0.29, 0.717) is 48.3 Å². The van der Waals surface area contributed by atoms with Gasteiger partial charge in [0.05, 0.1) is 11.4 Å². The lowest BCUT2D eigenvalue weighted by atomic mass is 10.0. The standard InChI is InChI=1S/C32H27Cl2FN4O/c1-21-17-26(34)10-11-28(21)24-7-12-30-36-31(22-5-8-25(33)9-6-22)29(39(30)19-24)20-37-13-15-38(16-14-37)32(40)23-3-2-4-27(35)18-23/h2-12,17-19H,13-16,20H2,1H3. The first kappa shape index (κ1) is 26.5. The highest BCUT2D eigenvalue weighted by Gasteiger charge is 2.25. The zero-order valence-corrected chi connectivity index (χ0v) is 23.5. The Morgan fingerprint density at radius 2 is 1.60 bits per heavy atom. The number of rotatable bonds is 5. The zero-order valence-electron chi connectivity index (χ0n) is 21.9. The predicted molar refractivity (Wildman–Crippen MR) is 158 cm³/mol. The zero-order chi connectivity index (χ0) is 27.8. The fraction of sp³-hybridized carbons (Fsp3) is 0.188. The number of benzene rings is 3. The number of amides is 1. The number of hydrogen-bond acceptors (Lipinski definition) is 3. The first-order valence-corrected chi connectivity index (χ1v) is 13.9. The summed E-state index contributed by atoms with van der Waals surface area (Å²) in [6.45, 7) is 5.25. The van der Waals surface area contributed by atoms with Crippen molar-refractivity contribution in [2.24, 2.45) is 0 Å². The summed E-state index contributed by atoms with van der Waals surface area (Å²) in [5, 5.41) is 1.39. The van der Waals surface area contributed by atoms with Gasteiger partial charge < -0.3 is 9.30 Å². The molecule has 0 spiro atoms. The third-order valence-corrected chi connectivity index (χ3v) is 7.93. The molecule has 0 saturated carbocycles. The van der Waals surface area contributed by atoms with E-state index in [1.807, 2.05) is 48.5 Å². The van der Waals surface area contributed by atoms with Gasteiger partial charge in [0.25, 0.3) is 5.91 Å². The van der Waals surface area contributed by atoms with Crippen molar-refractivity contribution >= 4 is 34.8 Å². The highest BCUT2D eigenvalue weighted by atomic mass is 35.5. The number of piperazine rings is 1. The maximum absolute atomic E-state index is 13.7. The number of aryl methyl sites for hydroxylation is 1. The molecular weight excluding hydrogens is 546 g/mol. The summed E-state index contributed by atoms with van der Waals surface area (Å²) in [5.41, 5.74) is 7.49. The molecule has 1 saturated heterocycles. The number of fused-ring (bicyclic) bond motifs is 1. The third kappa shape index (κ3) is 5.35. The predicted octanol–water partition coefficient (Wildman–Crippen LogP) is 7.38. The minimum Gasteiger partial charge on any atom is -0.336 e. The Balaban J connectivity index is 1.31. The van der Waals surface area contributed by atoms with E-state index in [4.69, 9.17) is 28.2 Å². The molecule has 5 nitrogen and oxygen atoms in total. The van der Waals surface area contributed by atoms with E-state index in [1.165, 1.54) is 12.1 Å². The molecule has 1 fully saturated rings. The summed E-state index contributed by atoms with van der Waals surface area (Å²) < 4.78 is 15.8. The van der Waals surface area contributed by atoms with Crippen molar-refractivity contribution in [3.8, 4) is 22.4 Å². The number of carbonyl (C=O) groups excluding carboxylic acids is 1. The quantitative estimate of drug-likeness (QED) is 0.220. The van der Waals surface area contributed by atoms with Crippen LogP contribution in [0.15, 0.2) is 85.1 Å². The van der Waals surface area contributed by atoms with Gasteiger partial charge in [0.1, 0.15) is 11.5 Å². The van der Waals surface area contributed by atoms with Crippen LogP contribution in [0.2, 0.25) is 10.0 Å². The van der Waals surface area contributed by atoms with Crippen molar-refractivity contribution in [2.45, 2.75) is 13.5 Å². The van der Waals surface area contributed by atoms with Crippen molar-refractivity contribution in [2.75, 3.05) is 26.2 Å². The molecule has 1 aliphatic heterocycles. The number of imidazole rings is 1. The molecule has 1 amide bonds. The SMILES string of the molecule is Cc1cc(Cl)ccc1-c1ccc2nc(-c3ccc(Cl)cc3)c(CN3CCN(C(=O)c4cccc(F)c4)CC3)n2c1. The van der Waals surface area contributed by atoms with Crippen LogP contribution >= 0.6 is 23.2 Å². The van der Waals surface area contributed by atoms with Gasteiger partial charge in [-0.1, -0.05) is 47.5 Å². The van der Waals surface area contributed by atoms with Crippen molar-refractivity contribution in [3.63, 3.8) is 0 Å². The summed E-state index contributed by atoms with van der Waals surface area (Å²) in [5.74, 6) is -0.543. The van der Waals surface area contributed by atoms with E-state index in [0.717, 1.165) is 39.3 Å². The third-order valence-electron chi connectivity index (χ3n) is 7.44. The molecule has 40 heavy (non-hydrogen) atoms. The molecule has 2 aromatic heterocycles. The molecule has 0 aliphatic carbocycles. The molecule has 0 atom stereocenters. The van der Waals surface area contributed by atoms with Gasteiger partial charge in [0.2, 0.25) is 0 Å². The van der Waals surface area contributed by atoms with Gasteiger partial charge in [0.15, 0.2) is 0 Å². The largest absolute Gasteiger partial charge is 0.336 e. The summed E-state index contributed by atoms with van der Waals surface area (Å²) in [6, 6.07) is 23.7. The summed E-state index contributed by atoms with van der Waals surface area (Å²) >= 11 is 12.4. The van der Waals surface area contributed by atoms with Gasteiger partial charge in [0, 0.05) is 60.1 Å². The molecule has 5 aromatic rings. The molecule has 0 bridgehead atoms. The molecule has 3 heterocycles. The van der Waals surface area contributed by atoms with Crippen LogP contribution in [-0.4, -0.2) is 51.3 Å². The Bertz CT molecular complexity index is 1710. The van der Waals surface area contributed by atoms with Crippen molar-refractivity contribution in [3.05, 3.63) is 118 Å². The van der Waals surface area contributed by atoms with Crippen LogP contribution in [0.5, 0.6) is 0 Å². The van der Waals surface area contributed by atoms with Gasteiger partial charge in [-0.25, -0.2) is 9.37 Å². The Hall–Kier alpha value is -3.71. The number of pyridine rings is 1. The van der Waals surface area contributed by atoms with E-state index in [1.54, 1.807) is 17.0 Å². The highest BCUT2D eigenvalue weighted by molar-refractivity contribution is 6.31. The van der Waals surface area contributed by atoms with E-state index >= 15 is 0 Å². The first-order chi connectivity index (χ1) is 19.4. The number of nitrogens with zero attached hydrogens (tertiary/aromatic N) is 4. The molecule has 1 aliphatic rings. The van der Waals surface area contributed by atoms with E-state index in [9.17, 15) is 9.18 Å². The summed E-state index contributed by atoms with van der Waals surface area (Å²) in [4.78, 5) is 22.1. The van der Waals surface area contributed by atoms with Gasteiger partial charge in [-0.2, -0.15) is 0 Å². The highest BCUT2D eigenvalue weighted by Crippen LogP contribution is 2.31. The Morgan fingerprint density at radius 3 is 2.33 bits per heavy atom. The molecule has 0 unspecified atom stereocenters. The minimum atomic E-state index is -0.403. The second kappa shape index (κ2) is 11.0. The monoisotopic (exact) mass is 572 g/mol. The smallest absolute Gasteiger partial charge is 0.254 e. The normalized spacial score (nSPS) is 14.2. The minimum absolute atomic E-state index is 0.140. The second-order valence-electron chi connectivity index (χ2n) is 10.1. The van der Waals surface area contributed by atoms with Crippen molar-refractivity contribution < 1.29 is 9.18 Å². The average molecular weight is 573 g/mol. The van der Waals surface area contributed by atoms with Crippen LogP contribution < -0.4 is 0 Å². The fourth-order valence-electron chi connectivity index (χ4n) is 5.32. The Labute approximate surface area is 242 Å². The molecule has 8 heteroatoms. The van der Waals surface area contributed by atoms with E-state index in [2.05, 4.69) is 28.5 Å². The lowest BCUT2D eigenvalue weighted by Crippen LogP contribution is -2.48. The van der Waals surface area contributed by atoms with Crippen LogP contribution in [0.1, 0.15) is 21.6 Å². The molecule has 6 rings (SSSR count). The maximum Gasteiger partial charge on any atom is 0.254 e. The van der Waals surface area contributed by atoms with Crippen LogP contribution in [0.25, 0.3) is 28.0 Å². The Morgan fingerprint density at radius 1 is 0.875 bits per heavy atom. The van der Waals surface area contributed by atoms with Crippen LogP contribution in [-0.2, 0) is 6.54 Å². The van der Waals surface area contributed by atoms with Crippen LogP contribution in [0.3, 0.4) is 0 Å². The van der Waals surface area contributed by atoms with Crippen LogP contribution in [0.4, 0.5) is 4.39 Å². The Kier molecular flexibility index (Phi) is 7.32. The number of halogens is 3. The van der Waals surface area contributed by atoms with Gasteiger partial charge >= 0.3 is 0 Å². The van der Waals surface area contributed by atoms with Gasteiger partial charge in [-0.3, -0.25) is 9.69 Å². The first-order valence-electron chi connectivity index (χ1n) is 13.2. The average Bonchev–Trinajstić information content (AvgIpc) is 3.31. The topological polar surface area (TPSA) is 40.9 Å².